The highest BCUT2D eigenvalue weighted by molar-refractivity contribution is 5.45. The molecule has 0 aliphatic heterocycles. The molecule has 1 aromatic rings. The van der Waals surface area contributed by atoms with Gasteiger partial charge in [0.05, 0.1) is 20.0 Å². The van der Waals surface area contributed by atoms with E-state index in [0.717, 1.165) is 5.56 Å². The molecule has 1 rings (SSSR count). The lowest BCUT2D eigenvalue weighted by Crippen LogP contribution is -1.90. The Morgan fingerprint density at radius 1 is 1.38 bits per heavy atom. The van der Waals surface area contributed by atoms with E-state index in [0.29, 0.717) is 12.6 Å². The van der Waals surface area contributed by atoms with Gasteiger partial charge in [0.1, 0.15) is 0 Å². The molecule has 0 N–H and O–H groups in total. The number of rotatable bonds is 4. The summed E-state index contributed by atoms with van der Waals surface area (Å²) in [5.74, 6) is 0. The summed E-state index contributed by atoms with van der Waals surface area (Å²) in [5, 5.41) is 0. The number of methoxy groups -OCH3 is 1. The van der Waals surface area contributed by atoms with Crippen molar-refractivity contribution in [1.82, 2.24) is 9.97 Å². The van der Waals surface area contributed by atoms with Crippen molar-refractivity contribution in [3.63, 3.8) is 0 Å². The molecule has 0 atom stereocenters. The summed E-state index contributed by atoms with van der Waals surface area (Å²) in [6.45, 7) is 2.59. The van der Waals surface area contributed by atoms with Crippen LogP contribution in [0.5, 0.6) is 6.01 Å². The van der Waals surface area contributed by atoms with Gasteiger partial charge < -0.3 is 9.47 Å². The highest BCUT2D eigenvalue weighted by Gasteiger charge is 1.92. The van der Waals surface area contributed by atoms with Crippen LogP contribution in [-0.4, -0.2) is 23.7 Å². The van der Waals surface area contributed by atoms with E-state index in [1.165, 1.54) is 7.11 Å². The van der Waals surface area contributed by atoms with Crippen LogP contribution >= 0.6 is 0 Å². The smallest absolute Gasteiger partial charge is 0.316 e. The van der Waals surface area contributed by atoms with Crippen LogP contribution in [0.15, 0.2) is 18.7 Å². The van der Waals surface area contributed by atoms with Crippen molar-refractivity contribution in [3.8, 4) is 6.01 Å². The lowest BCUT2D eigenvalue weighted by atomic mass is 10.3. The van der Waals surface area contributed by atoms with Gasteiger partial charge in [0.15, 0.2) is 0 Å². The second-order valence-electron chi connectivity index (χ2n) is 2.26. The van der Waals surface area contributed by atoms with Gasteiger partial charge in [-0.2, -0.15) is 0 Å². The van der Waals surface area contributed by atoms with E-state index in [2.05, 4.69) is 9.97 Å². The monoisotopic (exact) mass is 180 g/mol. The number of hydrogen-bond donors (Lipinski definition) is 0. The van der Waals surface area contributed by atoms with E-state index in [4.69, 9.17) is 9.47 Å². The average Bonchev–Trinajstić information content (AvgIpc) is 2.19. The van der Waals surface area contributed by atoms with Gasteiger partial charge in [-0.05, 0) is 13.0 Å². The molecule has 0 unspecified atom stereocenters. The number of nitrogens with zero attached hydrogens (tertiary/aromatic N) is 2. The van der Waals surface area contributed by atoms with Gasteiger partial charge in [-0.3, -0.25) is 0 Å². The van der Waals surface area contributed by atoms with Crippen LogP contribution in [0.4, 0.5) is 0 Å². The van der Waals surface area contributed by atoms with Gasteiger partial charge in [0.2, 0.25) is 0 Å². The Morgan fingerprint density at radius 2 is 2.08 bits per heavy atom. The fourth-order valence-electron chi connectivity index (χ4n) is 0.741. The average molecular weight is 180 g/mol. The van der Waals surface area contributed by atoms with Crippen LogP contribution in [0.2, 0.25) is 0 Å². The fraction of sp³-hybridized carbons (Fsp3) is 0.333. The first-order chi connectivity index (χ1) is 6.36. The van der Waals surface area contributed by atoms with E-state index in [1.807, 2.05) is 6.92 Å². The minimum atomic E-state index is 0.369. The maximum absolute atomic E-state index is 5.03. The zero-order chi connectivity index (χ0) is 9.52. The molecule has 0 spiro atoms. The first-order valence-electron chi connectivity index (χ1n) is 4.01. The van der Waals surface area contributed by atoms with E-state index in [9.17, 15) is 0 Å². The third-order valence-electron chi connectivity index (χ3n) is 1.35. The second-order valence-corrected chi connectivity index (χ2v) is 2.26. The van der Waals surface area contributed by atoms with Gasteiger partial charge in [0, 0.05) is 18.0 Å². The molecule has 0 aromatic carbocycles. The molecule has 0 radical (unpaired) electrons. The summed E-state index contributed by atoms with van der Waals surface area (Å²) >= 11 is 0. The summed E-state index contributed by atoms with van der Waals surface area (Å²) < 4.78 is 9.84. The Hall–Kier alpha value is -1.58. The van der Waals surface area contributed by atoms with Crippen LogP contribution in [0.1, 0.15) is 12.5 Å². The lowest BCUT2D eigenvalue weighted by molar-refractivity contribution is 0.272. The molecular formula is C9H12N2O2. The van der Waals surface area contributed by atoms with E-state index < -0.39 is 0 Å². The molecule has 70 valence electrons. The van der Waals surface area contributed by atoms with Crippen molar-refractivity contribution in [2.75, 3.05) is 13.7 Å². The highest BCUT2D eigenvalue weighted by Crippen LogP contribution is 2.03. The van der Waals surface area contributed by atoms with Gasteiger partial charge in [0.25, 0.3) is 0 Å². The molecule has 4 heteroatoms. The Bertz CT molecular complexity index is 269. The predicted octanol–water partition coefficient (Wildman–Crippen LogP) is 1.49. The van der Waals surface area contributed by atoms with Crippen molar-refractivity contribution >= 4 is 6.08 Å². The zero-order valence-corrected chi connectivity index (χ0v) is 7.73. The minimum Gasteiger partial charge on any atom is -0.501 e. The molecule has 0 bridgehead atoms. The Labute approximate surface area is 77.2 Å². The molecule has 0 saturated heterocycles. The van der Waals surface area contributed by atoms with Gasteiger partial charge in [-0.1, -0.05) is 0 Å². The van der Waals surface area contributed by atoms with Crippen LogP contribution in [-0.2, 0) is 4.74 Å². The normalized spacial score (nSPS) is 10.3. The van der Waals surface area contributed by atoms with Crippen molar-refractivity contribution in [2.24, 2.45) is 0 Å². The summed E-state index contributed by atoms with van der Waals surface area (Å²) in [6, 6.07) is 0.369. The van der Waals surface area contributed by atoms with Crippen molar-refractivity contribution < 1.29 is 9.47 Å². The molecule has 1 heterocycles. The zero-order valence-electron chi connectivity index (χ0n) is 7.73. The predicted molar refractivity (Wildman–Crippen MR) is 49.2 cm³/mol. The molecular weight excluding hydrogens is 168 g/mol. The quantitative estimate of drug-likeness (QED) is 0.658. The number of ether oxygens (including phenoxy) is 2. The molecule has 0 amide bonds. The molecule has 1 aromatic heterocycles. The van der Waals surface area contributed by atoms with Gasteiger partial charge in [-0.25, -0.2) is 9.97 Å². The summed E-state index contributed by atoms with van der Waals surface area (Å²) in [7, 11) is 1.53. The van der Waals surface area contributed by atoms with Crippen LogP contribution in [0.25, 0.3) is 6.08 Å². The fourth-order valence-corrected chi connectivity index (χ4v) is 0.741. The van der Waals surface area contributed by atoms with Gasteiger partial charge >= 0.3 is 6.01 Å². The van der Waals surface area contributed by atoms with Crippen LogP contribution in [0, 0.1) is 0 Å². The third kappa shape index (κ3) is 3.11. The van der Waals surface area contributed by atoms with Crippen molar-refractivity contribution in [2.45, 2.75) is 6.92 Å². The largest absolute Gasteiger partial charge is 0.501 e. The van der Waals surface area contributed by atoms with Crippen molar-refractivity contribution in [3.05, 3.63) is 24.2 Å². The maximum atomic E-state index is 5.03. The molecule has 0 aliphatic rings. The Morgan fingerprint density at radius 3 is 2.62 bits per heavy atom. The number of aromatic nitrogens is 2. The summed E-state index contributed by atoms with van der Waals surface area (Å²) in [4.78, 5) is 7.87. The van der Waals surface area contributed by atoms with Crippen molar-refractivity contribution in [1.29, 1.82) is 0 Å². The van der Waals surface area contributed by atoms with Crippen LogP contribution in [0.3, 0.4) is 0 Å². The summed E-state index contributed by atoms with van der Waals surface area (Å²) in [5.41, 5.74) is 0.884. The maximum Gasteiger partial charge on any atom is 0.316 e. The standard InChI is InChI=1S/C9H12N2O2/c1-3-13-5-4-8-6-10-9(12-2)11-7-8/h4-7H,3H2,1-2H3/b5-4+. The molecule has 0 aliphatic carbocycles. The molecule has 4 nitrogen and oxygen atoms in total. The van der Waals surface area contributed by atoms with E-state index in [1.54, 1.807) is 24.7 Å². The molecule has 0 fully saturated rings. The van der Waals surface area contributed by atoms with E-state index >= 15 is 0 Å². The Balaban J connectivity index is 2.58. The second kappa shape index (κ2) is 5.13. The Kier molecular flexibility index (Phi) is 3.75. The first kappa shape index (κ1) is 9.51. The SMILES string of the molecule is CCO/C=C/c1cnc(OC)nc1. The first-order valence-corrected chi connectivity index (χ1v) is 4.01. The minimum absolute atomic E-state index is 0.369. The highest BCUT2D eigenvalue weighted by atomic mass is 16.5. The van der Waals surface area contributed by atoms with E-state index in [-0.39, 0.29) is 0 Å². The van der Waals surface area contributed by atoms with Gasteiger partial charge in [-0.15, -0.1) is 0 Å². The third-order valence-corrected chi connectivity index (χ3v) is 1.35. The molecule has 13 heavy (non-hydrogen) atoms. The lowest BCUT2D eigenvalue weighted by Gasteiger charge is -1.96. The number of hydrogen-bond acceptors (Lipinski definition) is 4. The van der Waals surface area contributed by atoms with Crippen LogP contribution < -0.4 is 4.74 Å². The topological polar surface area (TPSA) is 44.2 Å². The summed E-state index contributed by atoms with van der Waals surface area (Å²) in [6.07, 6.45) is 6.75. The molecule has 0 saturated carbocycles.